The van der Waals surface area contributed by atoms with Crippen LogP contribution in [0.1, 0.15) is 43.2 Å². The van der Waals surface area contributed by atoms with Gasteiger partial charge in [0.2, 0.25) is 15.9 Å². The van der Waals surface area contributed by atoms with Gasteiger partial charge in [0.25, 0.3) is 0 Å². The van der Waals surface area contributed by atoms with E-state index in [-0.39, 0.29) is 11.8 Å². The minimum absolute atomic E-state index is 0.0337. The van der Waals surface area contributed by atoms with E-state index in [4.69, 9.17) is 4.98 Å². The highest BCUT2D eigenvalue weighted by molar-refractivity contribution is 7.89. The summed E-state index contributed by atoms with van der Waals surface area (Å²) in [6.07, 6.45) is 5.70. The van der Waals surface area contributed by atoms with Crippen LogP contribution in [0.5, 0.6) is 0 Å². The number of rotatable bonds is 4. The van der Waals surface area contributed by atoms with Crippen LogP contribution in [0.25, 0.3) is 10.9 Å². The van der Waals surface area contributed by atoms with Gasteiger partial charge in [0.1, 0.15) is 5.82 Å². The number of carbonyl (C=O) groups excluding carboxylic acids is 1. The zero-order chi connectivity index (χ0) is 25.4. The van der Waals surface area contributed by atoms with Crippen LogP contribution in [0.15, 0.2) is 59.5 Å². The Hall–Kier alpha value is -2.97. The highest BCUT2D eigenvalue weighted by atomic mass is 32.2. The molecule has 1 atom stereocenters. The second-order valence-corrected chi connectivity index (χ2v) is 12.5. The summed E-state index contributed by atoms with van der Waals surface area (Å²) in [5, 5.41) is 0.818. The predicted octanol–water partition coefficient (Wildman–Crippen LogP) is 4.21. The van der Waals surface area contributed by atoms with Crippen molar-refractivity contribution < 1.29 is 13.2 Å². The fourth-order valence-corrected chi connectivity index (χ4v) is 7.57. The third-order valence-electron chi connectivity index (χ3n) is 8.14. The Morgan fingerprint density at radius 2 is 1.68 bits per heavy atom. The monoisotopic (exact) mass is 518 g/mol. The fourth-order valence-electron chi connectivity index (χ4n) is 6.01. The number of piperidine rings is 2. The Labute approximate surface area is 219 Å². The molecule has 0 bridgehead atoms. The molecular weight excluding hydrogens is 484 g/mol. The molecule has 4 heterocycles. The van der Waals surface area contributed by atoms with Gasteiger partial charge in [0.15, 0.2) is 0 Å². The van der Waals surface area contributed by atoms with E-state index in [1.165, 1.54) is 11.1 Å². The molecule has 0 saturated carbocycles. The van der Waals surface area contributed by atoms with Crippen molar-refractivity contribution in [2.75, 3.05) is 37.6 Å². The zero-order valence-electron chi connectivity index (χ0n) is 21.2. The van der Waals surface area contributed by atoms with E-state index in [0.29, 0.717) is 31.1 Å². The van der Waals surface area contributed by atoms with Gasteiger partial charge in [0.05, 0.1) is 16.3 Å². The van der Waals surface area contributed by atoms with Crippen molar-refractivity contribution in [2.24, 2.45) is 5.92 Å². The zero-order valence-corrected chi connectivity index (χ0v) is 22.0. The summed E-state index contributed by atoms with van der Waals surface area (Å²) in [5.74, 6) is 1.06. The van der Waals surface area contributed by atoms with Gasteiger partial charge in [-0.2, -0.15) is 4.31 Å². The van der Waals surface area contributed by atoms with Crippen LogP contribution in [-0.2, 0) is 27.8 Å². The minimum Gasteiger partial charge on any atom is -0.356 e. The number of pyridine rings is 1. The molecule has 0 spiro atoms. The SMILES string of the molecule is O=C([C@@H]1CCCN(c2ccc3cc(S(=O)(=O)N4CCCCC4)ccc3n2)C1)N1CCc2ccccc2C1. The number of anilines is 1. The van der Waals surface area contributed by atoms with E-state index in [1.807, 2.05) is 29.2 Å². The van der Waals surface area contributed by atoms with Crippen molar-refractivity contribution in [2.45, 2.75) is 50.0 Å². The van der Waals surface area contributed by atoms with E-state index < -0.39 is 10.0 Å². The van der Waals surface area contributed by atoms with Gasteiger partial charge in [-0.3, -0.25) is 4.79 Å². The Morgan fingerprint density at radius 1 is 0.865 bits per heavy atom. The number of nitrogens with zero attached hydrogens (tertiary/aromatic N) is 4. The van der Waals surface area contributed by atoms with Crippen molar-refractivity contribution >= 4 is 32.7 Å². The summed E-state index contributed by atoms with van der Waals surface area (Å²) in [6.45, 7) is 4.20. The first-order valence-corrected chi connectivity index (χ1v) is 14.9. The summed E-state index contributed by atoms with van der Waals surface area (Å²) in [5.41, 5.74) is 3.38. The van der Waals surface area contributed by atoms with Crippen LogP contribution in [0.4, 0.5) is 5.82 Å². The Bertz CT molecular complexity index is 1420. The lowest BCUT2D eigenvalue weighted by atomic mass is 9.94. The molecule has 1 aromatic heterocycles. The van der Waals surface area contributed by atoms with Gasteiger partial charge in [0, 0.05) is 44.7 Å². The molecule has 8 heteroatoms. The van der Waals surface area contributed by atoms with E-state index in [1.54, 1.807) is 16.4 Å². The quantitative estimate of drug-likeness (QED) is 0.517. The van der Waals surface area contributed by atoms with Crippen molar-refractivity contribution in [3.63, 3.8) is 0 Å². The number of fused-ring (bicyclic) bond motifs is 2. The molecule has 6 rings (SSSR count). The smallest absolute Gasteiger partial charge is 0.243 e. The molecule has 7 nitrogen and oxygen atoms in total. The highest BCUT2D eigenvalue weighted by Crippen LogP contribution is 2.29. The summed E-state index contributed by atoms with van der Waals surface area (Å²) < 4.78 is 27.8. The molecule has 0 N–H and O–H groups in total. The Kier molecular flexibility index (Phi) is 6.63. The van der Waals surface area contributed by atoms with Gasteiger partial charge < -0.3 is 9.80 Å². The molecule has 3 aromatic rings. The van der Waals surface area contributed by atoms with Crippen molar-refractivity contribution in [1.29, 1.82) is 0 Å². The van der Waals surface area contributed by atoms with Gasteiger partial charge in [-0.1, -0.05) is 30.7 Å². The molecule has 1 amide bonds. The van der Waals surface area contributed by atoms with E-state index in [2.05, 4.69) is 23.1 Å². The van der Waals surface area contributed by atoms with Gasteiger partial charge in [-0.15, -0.1) is 0 Å². The number of hydrogen-bond donors (Lipinski definition) is 0. The van der Waals surface area contributed by atoms with Crippen molar-refractivity contribution in [3.8, 4) is 0 Å². The van der Waals surface area contributed by atoms with E-state index in [0.717, 1.165) is 68.3 Å². The lowest BCUT2D eigenvalue weighted by Gasteiger charge is -2.37. The second-order valence-electron chi connectivity index (χ2n) is 10.6. The molecule has 194 valence electrons. The summed E-state index contributed by atoms with van der Waals surface area (Å²) in [6, 6.07) is 17.6. The first-order valence-electron chi connectivity index (χ1n) is 13.5. The topological polar surface area (TPSA) is 73.8 Å². The third kappa shape index (κ3) is 4.84. The number of amides is 1. The number of hydrogen-bond acceptors (Lipinski definition) is 5. The Balaban J connectivity index is 1.17. The molecule has 3 aliphatic heterocycles. The number of sulfonamides is 1. The fraction of sp³-hybridized carbons (Fsp3) is 0.448. The van der Waals surface area contributed by atoms with E-state index in [9.17, 15) is 13.2 Å². The molecule has 0 radical (unpaired) electrons. The molecule has 2 aromatic carbocycles. The van der Waals surface area contributed by atoms with Gasteiger partial charge >= 0.3 is 0 Å². The van der Waals surface area contributed by atoms with Crippen LogP contribution in [-0.4, -0.2) is 61.2 Å². The average Bonchev–Trinajstić information content (AvgIpc) is 2.96. The molecule has 2 saturated heterocycles. The van der Waals surface area contributed by atoms with Crippen molar-refractivity contribution in [1.82, 2.24) is 14.2 Å². The third-order valence-corrected chi connectivity index (χ3v) is 10.0. The molecule has 0 aliphatic carbocycles. The molecule has 3 aliphatic rings. The van der Waals surface area contributed by atoms with Gasteiger partial charge in [-0.05, 0) is 73.6 Å². The standard InChI is InChI=1S/C29H34N4O3S/c34-29(32-18-14-22-7-2-3-8-24(22)20-32)25-9-6-15-31(21-25)28-13-10-23-19-26(11-12-27(23)30-28)37(35,36)33-16-4-1-5-17-33/h2-3,7-8,10-13,19,25H,1,4-6,9,14-18,20-21H2/t25-/m1/s1. The Morgan fingerprint density at radius 3 is 2.51 bits per heavy atom. The molecule has 0 unspecified atom stereocenters. The molecule has 37 heavy (non-hydrogen) atoms. The first-order chi connectivity index (χ1) is 18.0. The number of benzene rings is 2. The first kappa shape index (κ1) is 24.4. The summed E-state index contributed by atoms with van der Waals surface area (Å²) in [4.78, 5) is 22.9. The molecule has 2 fully saturated rings. The van der Waals surface area contributed by atoms with Crippen LogP contribution in [0.3, 0.4) is 0 Å². The summed E-state index contributed by atoms with van der Waals surface area (Å²) in [7, 11) is -3.48. The maximum Gasteiger partial charge on any atom is 0.243 e. The van der Waals surface area contributed by atoms with Crippen molar-refractivity contribution in [3.05, 3.63) is 65.7 Å². The second kappa shape index (κ2) is 10.1. The largest absolute Gasteiger partial charge is 0.356 e. The normalized spacial score (nSPS) is 21.1. The predicted molar refractivity (Wildman–Crippen MR) is 145 cm³/mol. The van der Waals surface area contributed by atoms with Crippen LogP contribution in [0, 0.1) is 5.92 Å². The maximum atomic E-state index is 13.4. The van der Waals surface area contributed by atoms with E-state index >= 15 is 0 Å². The lowest BCUT2D eigenvalue weighted by molar-refractivity contribution is -0.136. The van der Waals surface area contributed by atoms with Crippen LogP contribution in [0.2, 0.25) is 0 Å². The lowest BCUT2D eigenvalue weighted by Crippen LogP contribution is -2.46. The van der Waals surface area contributed by atoms with Crippen LogP contribution >= 0.6 is 0 Å². The number of aromatic nitrogens is 1. The van der Waals surface area contributed by atoms with Gasteiger partial charge in [-0.25, -0.2) is 13.4 Å². The average molecular weight is 519 g/mol. The maximum absolute atomic E-state index is 13.4. The molecular formula is C29H34N4O3S. The summed E-state index contributed by atoms with van der Waals surface area (Å²) >= 11 is 0. The minimum atomic E-state index is -3.48. The highest BCUT2D eigenvalue weighted by Gasteiger charge is 2.32. The number of carbonyl (C=O) groups is 1. The van der Waals surface area contributed by atoms with Crippen LogP contribution < -0.4 is 4.90 Å².